The molecule has 0 amide bonds. The minimum Gasteiger partial charge on any atom is -0.375 e. The zero-order chi connectivity index (χ0) is 39.2. The molecule has 10 heteroatoms. The first kappa shape index (κ1) is 36.6. The van der Waals surface area contributed by atoms with Crippen molar-refractivity contribution in [3.63, 3.8) is 0 Å². The van der Waals surface area contributed by atoms with Crippen molar-refractivity contribution in [3.05, 3.63) is 111 Å². The third-order valence-electron chi connectivity index (χ3n) is 11.0. The van der Waals surface area contributed by atoms with Crippen LogP contribution in [-0.2, 0) is 26.4 Å². The number of aromatic nitrogens is 1. The standard InChI is InChI=1S/C44H40ClF4NO3S/c1-41(2,3)21-10-12-24-27(15-21)38-37-28(25-19-33(45)34(46)20-29(25)36(24)37)18-32(40(38)53-54(51,52)44(47,48)49)31-17-23(43(7,8)9)16-30-26-14-22(42(4,5)6)11-13-35(26)50-39(30)31/h10-20,36,50H,1-9H3. The highest BCUT2D eigenvalue weighted by Crippen LogP contribution is 2.63. The first-order chi connectivity index (χ1) is 24.9. The molecule has 280 valence electrons. The van der Waals surface area contributed by atoms with Crippen LogP contribution in [0.4, 0.5) is 17.6 Å². The van der Waals surface area contributed by atoms with Crippen molar-refractivity contribution in [1.82, 2.24) is 4.98 Å². The lowest BCUT2D eigenvalue weighted by Crippen LogP contribution is -2.28. The number of benzene rings is 5. The number of hydrogen-bond acceptors (Lipinski definition) is 3. The van der Waals surface area contributed by atoms with Gasteiger partial charge in [-0.1, -0.05) is 98.2 Å². The number of aromatic amines is 1. The summed E-state index contributed by atoms with van der Waals surface area (Å²) < 4.78 is 90.1. The van der Waals surface area contributed by atoms with Crippen LogP contribution in [0, 0.1) is 5.82 Å². The van der Waals surface area contributed by atoms with Crippen LogP contribution in [0.25, 0.3) is 55.2 Å². The summed E-state index contributed by atoms with van der Waals surface area (Å²) in [4.78, 5) is 3.52. The second-order valence-electron chi connectivity index (χ2n) is 17.7. The van der Waals surface area contributed by atoms with Gasteiger partial charge in [-0.15, -0.1) is 0 Å². The van der Waals surface area contributed by atoms with E-state index in [2.05, 4.69) is 37.9 Å². The van der Waals surface area contributed by atoms with Crippen LogP contribution < -0.4 is 4.18 Å². The lowest BCUT2D eigenvalue weighted by atomic mass is 9.82. The van der Waals surface area contributed by atoms with E-state index in [1.54, 1.807) is 6.07 Å². The van der Waals surface area contributed by atoms with E-state index in [0.29, 0.717) is 44.5 Å². The molecule has 0 saturated carbocycles. The molecule has 54 heavy (non-hydrogen) atoms. The second kappa shape index (κ2) is 11.4. The SMILES string of the molecule is CC(C)(C)c1ccc2c(c1)-c1c(OS(=O)(=O)C(F)(F)F)c(-c3cc(C(C)(C)C)cc4c3[nH]c3ccc(C(C)(C)C)cc34)cc3c1C2c1cc(F)c(Cl)cc1-3. The van der Waals surface area contributed by atoms with Crippen LogP contribution >= 0.6 is 11.6 Å². The molecule has 1 aromatic heterocycles. The van der Waals surface area contributed by atoms with Crippen molar-refractivity contribution >= 4 is 43.5 Å². The van der Waals surface area contributed by atoms with E-state index in [-0.39, 0.29) is 27.0 Å². The van der Waals surface area contributed by atoms with Crippen molar-refractivity contribution in [2.24, 2.45) is 0 Å². The van der Waals surface area contributed by atoms with Crippen molar-refractivity contribution in [1.29, 1.82) is 0 Å². The van der Waals surface area contributed by atoms with E-state index in [1.807, 2.05) is 77.9 Å². The summed E-state index contributed by atoms with van der Waals surface area (Å²) in [6.07, 6.45) is 0. The highest BCUT2D eigenvalue weighted by molar-refractivity contribution is 7.88. The Labute approximate surface area is 317 Å². The second-order valence-corrected chi connectivity index (χ2v) is 19.7. The van der Waals surface area contributed by atoms with Crippen LogP contribution in [0.3, 0.4) is 0 Å². The van der Waals surface area contributed by atoms with Gasteiger partial charge in [-0.05, 0) is 109 Å². The minimum absolute atomic E-state index is 0.102. The molecule has 1 heterocycles. The van der Waals surface area contributed by atoms with Gasteiger partial charge in [0, 0.05) is 38.9 Å². The summed E-state index contributed by atoms with van der Waals surface area (Å²) in [5.74, 6) is -1.65. The summed E-state index contributed by atoms with van der Waals surface area (Å²) in [5.41, 5.74) is 2.11. The van der Waals surface area contributed by atoms with Crippen LogP contribution in [0.15, 0.2) is 66.7 Å². The molecule has 1 N–H and O–H groups in total. The molecule has 1 unspecified atom stereocenters. The highest BCUT2D eigenvalue weighted by Gasteiger charge is 2.51. The van der Waals surface area contributed by atoms with Gasteiger partial charge in [-0.2, -0.15) is 21.6 Å². The predicted octanol–water partition coefficient (Wildman–Crippen LogP) is 13.0. The molecule has 6 aromatic rings. The Hall–Kier alpha value is -4.34. The van der Waals surface area contributed by atoms with Gasteiger partial charge >= 0.3 is 15.6 Å². The summed E-state index contributed by atoms with van der Waals surface area (Å²) in [6, 6.07) is 20.5. The maximum Gasteiger partial charge on any atom is 0.534 e. The maximum atomic E-state index is 15.3. The van der Waals surface area contributed by atoms with Crippen LogP contribution in [-0.4, -0.2) is 18.9 Å². The number of nitrogens with one attached hydrogen (secondary N) is 1. The number of H-pyrrole nitrogens is 1. The van der Waals surface area contributed by atoms with Crippen molar-refractivity contribution in [3.8, 4) is 39.1 Å². The number of alkyl halides is 3. The smallest absolute Gasteiger partial charge is 0.375 e. The fraction of sp³-hybridized carbons (Fsp3) is 0.318. The Kier molecular flexibility index (Phi) is 7.70. The van der Waals surface area contributed by atoms with Crippen LogP contribution in [0.2, 0.25) is 5.02 Å². The van der Waals surface area contributed by atoms with Gasteiger partial charge < -0.3 is 9.17 Å². The van der Waals surface area contributed by atoms with Gasteiger partial charge in [0.15, 0.2) is 5.75 Å². The van der Waals surface area contributed by atoms with Crippen molar-refractivity contribution < 1.29 is 30.2 Å². The minimum atomic E-state index is -6.16. The quantitative estimate of drug-likeness (QED) is 0.110. The topological polar surface area (TPSA) is 59.2 Å². The summed E-state index contributed by atoms with van der Waals surface area (Å²) >= 11 is 6.39. The Balaban J connectivity index is 1.57. The zero-order valence-electron chi connectivity index (χ0n) is 31.5. The van der Waals surface area contributed by atoms with Gasteiger partial charge in [-0.3, -0.25) is 0 Å². The highest BCUT2D eigenvalue weighted by atomic mass is 35.5. The number of hydrogen-bond donors (Lipinski definition) is 1. The largest absolute Gasteiger partial charge is 0.534 e. The molecular formula is C44H40ClF4NO3S. The van der Waals surface area contributed by atoms with Crippen molar-refractivity contribution in [2.75, 3.05) is 0 Å². The average Bonchev–Trinajstić information content (AvgIpc) is 3.69. The molecule has 0 bridgehead atoms. The normalized spacial score (nSPS) is 15.6. The van der Waals surface area contributed by atoms with Gasteiger partial charge in [-0.25, -0.2) is 4.39 Å². The van der Waals surface area contributed by atoms with E-state index in [4.69, 9.17) is 15.8 Å². The predicted molar refractivity (Wildman–Crippen MR) is 210 cm³/mol. The molecule has 0 aliphatic heterocycles. The summed E-state index contributed by atoms with van der Waals surface area (Å²) in [5, 5.41) is 1.65. The van der Waals surface area contributed by atoms with Crippen molar-refractivity contribution in [2.45, 2.75) is 90.0 Å². The first-order valence-electron chi connectivity index (χ1n) is 17.8. The third-order valence-corrected chi connectivity index (χ3v) is 12.3. The Morgan fingerprint density at radius 1 is 0.648 bits per heavy atom. The molecule has 4 nitrogen and oxygen atoms in total. The Morgan fingerprint density at radius 3 is 1.87 bits per heavy atom. The fourth-order valence-corrected chi connectivity index (χ4v) is 8.68. The molecule has 2 aliphatic carbocycles. The number of rotatable bonds is 3. The molecule has 0 spiro atoms. The fourth-order valence-electron chi connectivity index (χ4n) is 8.03. The maximum absolute atomic E-state index is 15.3. The lowest BCUT2D eigenvalue weighted by Gasteiger charge is -2.24. The van der Waals surface area contributed by atoms with E-state index in [9.17, 15) is 21.6 Å². The van der Waals surface area contributed by atoms with E-state index >= 15 is 4.39 Å². The zero-order valence-corrected chi connectivity index (χ0v) is 33.0. The summed E-state index contributed by atoms with van der Waals surface area (Å²) in [7, 11) is -6.16. The average molecular weight is 774 g/mol. The first-order valence-corrected chi connectivity index (χ1v) is 19.6. The molecule has 2 aliphatic rings. The van der Waals surface area contributed by atoms with E-state index in [0.717, 1.165) is 33.0 Å². The number of fused-ring (bicyclic) bond motifs is 9. The molecule has 5 aromatic carbocycles. The van der Waals surface area contributed by atoms with Gasteiger partial charge in [0.25, 0.3) is 0 Å². The Bertz CT molecular complexity index is 2730. The van der Waals surface area contributed by atoms with Crippen LogP contribution in [0.1, 0.15) is 102 Å². The number of halogens is 5. The van der Waals surface area contributed by atoms with E-state index in [1.165, 1.54) is 12.1 Å². The lowest BCUT2D eigenvalue weighted by molar-refractivity contribution is -0.0499. The Morgan fingerprint density at radius 2 is 1.24 bits per heavy atom. The molecule has 1 atom stereocenters. The molecule has 0 radical (unpaired) electrons. The molecular weight excluding hydrogens is 734 g/mol. The van der Waals surface area contributed by atoms with Crippen LogP contribution in [0.5, 0.6) is 5.75 Å². The molecule has 0 fully saturated rings. The molecule has 8 rings (SSSR count). The van der Waals surface area contributed by atoms with Gasteiger partial charge in [0.05, 0.1) is 10.5 Å². The summed E-state index contributed by atoms with van der Waals surface area (Å²) in [6.45, 7) is 18.6. The van der Waals surface area contributed by atoms with E-state index < -0.39 is 38.5 Å². The van der Waals surface area contributed by atoms with Gasteiger partial charge in [0.2, 0.25) is 0 Å². The van der Waals surface area contributed by atoms with Gasteiger partial charge in [0.1, 0.15) is 5.82 Å². The monoisotopic (exact) mass is 773 g/mol. The molecule has 0 saturated heterocycles. The third kappa shape index (κ3) is 5.48.